The van der Waals surface area contributed by atoms with E-state index < -0.39 is 0 Å². The second-order valence-corrected chi connectivity index (χ2v) is 5.17. The van der Waals surface area contributed by atoms with Crippen molar-refractivity contribution in [3.63, 3.8) is 0 Å². The first-order valence-electron chi connectivity index (χ1n) is 7.09. The van der Waals surface area contributed by atoms with Gasteiger partial charge in [0, 0.05) is 13.1 Å². The van der Waals surface area contributed by atoms with Gasteiger partial charge in [0.15, 0.2) is 0 Å². The molecule has 20 heavy (non-hydrogen) atoms. The molecule has 1 aliphatic heterocycles. The summed E-state index contributed by atoms with van der Waals surface area (Å²) in [5.74, 6) is 0. The van der Waals surface area contributed by atoms with Gasteiger partial charge in [0.25, 0.3) is 0 Å². The molecule has 3 rings (SSSR count). The maximum atomic E-state index is 2.34. The highest BCUT2D eigenvalue weighted by atomic mass is 15.1. The molecular formula is C19H19N. The minimum absolute atomic E-state index is 0.979. The summed E-state index contributed by atoms with van der Waals surface area (Å²) in [6.45, 7) is 1.97. The van der Waals surface area contributed by atoms with Crippen molar-refractivity contribution in [1.29, 1.82) is 0 Å². The van der Waals surface area contributed by atoms with Gasteiger partial charge in [-0.1, -0.05) is 66.7 Å². The van der Waals surface area contributed by atoms with E-state index in [1.165, 1.54) is 16.7 Å². The normalized spacial score (nSPS) is 14.2. The lowest BCUT2D eigenvalue weighted by atomic mass is 10.0. The maximum Gasteiger partial charge on any atom is 0.0427 e. The molecule has 0 saturated heterocycles. The third-order valence-corrected chi connectivity index (χ3v) is 3.57. The van der Waals surface area contributed by atoms with Crippen LogP contribution in [-0.2, 0) is 13.0 Å². The second-order valence-electron chi connectivity index (χ2n) is 5.17. The van der Waals surface area contributed by atoms with E-state index >= 15 is 0 Å². The lowest BCUT2D eigenvalue weighted by Gasteiger charge is -2.22. The van der Waals surface area contributed by atoms with Gasteiger partial charge >= 0.3 is 0 Å². The average Bonchev–Trinajstić information content (AvgIpc) is 2.51. The van der Waals surface area contributed by atoms with E-state index in [-0.39, 0.29) is 0 Å². The Kier molecular flexibility index (Phi) is 3.98. The minimum atomic E-state index is 0.979. The Bertz CT molecular complexity index is 596. The van der Waals surface area contributed by atoms with Gasteiger partial charge in [-0.25, -0.2) is 0 Å². The monoisotopic (exact) mass is 261 g/mol. The topological polar surface area (TPSA) is 3.24 Å². The van der Waals surface area contributed by atoms with Crippen molar-refractivity contribution in [2.24, 2.45) is 0 Å². The number of benzene rings is 2. The summed E-state index contributed by atoms with van der Waals surface area (Å²) in [7, 11) is 0. The van der Waals surface area contributed by atoms with E-state index in [4.69, 9.17) is 0 Å². The van der Waals surface area contributed by atoms with Crippen molar-refractivity contribution < 1.29 is 0 Å². The Balaban J connectivity index is 1.57. The maximum absolute atomic E-state index is 2.34. The van der Waals surface area contributed by atoms with Gasteiger partial charge in [0.2, 0.25) is 0 Å². The van der Waals surface area contributed by atoms with E-state index in [0.717, 1.165) is 19.5 Å². The van der Waals surface area contributed by atoms with Crippen molar-refractivity contribution in [1.82, 2.24) is 4.90 Å². The zero-order valence-corrected chi connectivity index (χ0v) is 11.6. The molecule has 100 valence electrons. The molecule has 2 aromatic rings. The summed E-state index contributed by atoms with van der Waals surface area (Å²) >= 11 is 0. The first kappa shape index (κ1) is 12.7. The fraction of sp³-hybridized carbons (Fsp3) is 0.158. The molecule has 0 aliphatic carbocycles. The molecule has 1 aliphatic rings. The van der Waals surface area contributed by atoms with Crippen LogP contribution in [0.4, 0.5) is 0 Å². The summed E-state index contributed by atoms with van der Waals surface area (Å²) in [6.07, 6.45) is 7.80. The molecule has 0 bridgehead atoms. The fourth-order valence-corrected chi connectivity index (χ4v) is 2.46. The van der Waals surface area contributed by atoms with Crippen LogP contribution in [0.25, 0.3) is 0 Å². The molecule has 0 N–H and O–H groups in total. The van der Waals surface area contributed by atoms with Gasteiger partial charge in [-0.15, -0.1) is 0 Å². The average molecular weight is 261 g/mol. The van der Waals surface area contributed by atoms with E-state index in [9.17, 15) is 0 Å². The largest absolute Gasteiger partial charge is 0.369 e. The highest BCUT2D eigenvalue weighted by Gasteiger charge is 2.05. The van der Waals surface area contributed by atoms with Crippen LogP contribution in [0.2, 0.25) is 0 Å². The number of hydrogen-bond donors (Lipinski definition) is 0. The van der Waals surface area contributed by atoms with E-state index in [0.29, 0.717) is 0 Å². The number of rotatable bonds is 4. The molecule has 2 aromatic carbocycles. The summed E-state index contributed by atoms with van der Waals surface area (Å²) < 4.78 is 0. The molecule has 0 saturated carbocycles. The van der Waals surface area contributed by atoms with E-state index in [1.54, 1.807) is 0 Å². The summed E-state index contributed by atoms with van der Waals surface area (Å²) in [5.41, 5.74) is 4.14. The van der Waals surface area contributed by atoms with Crippen LogP contribution in [0, 0.1) is 0 Å². The summed E-state index contributed by atoms with van der Waals surface area (Å²) in [4.78, 5) is 2.34. The van der Waals surface area contributed by atoms with Crippen LogP contribution >= 0.6 is 0 Å². The van der Waals surface area contributed by atoms with Gasteiger partial charge in [-0.3, -0.25) is 0 Å². The molecule has 0 atom stereocenters. The standard InChI is InChI=1S/C19H19N/c1-3-7-17(8-4-1)15-18-11-13-20(14-12-18)16-19-9-5-2-6-10-19/h1-13H,14-16H2. The van der Waals surface area contributed by atoms with Crippen molar-refractivity contribution in [3.8, 4) is 0 Å². The van der Waals surface area contributed by atoms with Crippen LogP contribution in [0.1, 0.15) is 11.1 Å². The quantitative estimate of drug-likeness (QED) is 0.798. The number of hydrogen-bond acceptors (Lipinski definition) is 1. The Morgan fingerprint density at radius 2 is 1.45 bits per heavy atom. The zero-order valence-electron chi connectivity index (χ0n) is 11.6. The molecule has 0 aromatic heterocycles. The predicted molar refractivity (Wildman–Crippen MR) is 84.2 cm³/mol. The molecule has 0 spiro atoms. The summed E-state index contributed by atoms with van der Waals surface area (Å²) in [5, 5.41) is 0. The molecule has 1 heteroatoms. The van der Waals surface area contributed by atoms with Crippen molar-refractivity contribution in [2.75, 3.05) is 6.54 Å². The number of allylic oxidation sites excluding steroid dienone is 2. The zero-order chi connectivity index (χ0) is 13.6. The van der Waals surface area contributed by atoms with E-state index in [1.807, 2.05) is 0 Å². The van der Waals surface area contributed by atoms with Gasteiger partial charge in [-0.05, 0) is 35.4 Å². The van der Waals surface area contributed by atoms with Crippen LogP contribution in [0.3, 0.4) is 0 Å². The lowest BCUT2D eigenvalue weighted by Crippen LogP contribution is -2.19. The fourth-order valence-electron chi connectivity index (χ4n) is 2.46. The highest BCUT2D eigenvalue weighted by molar-refractivity contribution is 5.30. The Hall–Kier alpha value is -2.28. The molecular weight excluding hydrogens is 242 g/mol. The predicted octanol–water partition coefficient (Wildman–Crippen LogP) is 4.19. The van der Waals surface area contributed by atoms with Crippen LogP contribution in [0.15, 0.2) is 84.6 Å². The van der Waals surface area contributed by atoms with Gasteiger partial charge in [0.1, 0.15) is 0 Å². The minimum Gasteiger partial charge on any atom is -0.369 e. The van der Waals surface area contributed by atoms with E-state index in [2.05, 4.69) is 83.9 Å². The Morgan fingerprint density at radius 3 is 2.05 bits per heavy atom. The Labute approximate surface area is 120 Å². The van der Waals surface area contributed by atoms with Crippen LogP contribution in [0.5, 0.6) is 0 Å². The first-order valence-corrected chi connectivity index (χ1v) is 7.09. The first-order chi connectivity index (χ1) is 9.90. The summed E-state index contributed by atoms with van der Waals surface area (Å²) in [6, 6.07) is 21.3. The van der Waals surface area contributed by atoms with Gasteiger partial charge in [0.05, 0.1) is 0 Å². The highest BCUT2D eigenvalue weighted by Crippen LogP contribution is 2.15. The SMILES string of the molecule is C1=CN(Cc2ccccc2)CC=C1Cc1ccccc1. The van der Waals surface area contributed by atoms with Crippen molar-refractivity contribution in [3.05, 3.63) is 95.7 Å². The molecule has 1 nitrogen and oxygen atoms in total. The molecule has 1 heterocycles. The molecule has 0 radical (unpaired) electrons. The third-order valence-electron chi connectivity index (χ3n) is 3.57. The molecule has 0 unspecified atom stereocenters. The van der Waals surface area contributed by atoms with Crippen molar-refractivity contribution in [2.45, 2.75) is 13.0 Å². The lowest BCUT2D eigenvalue weighted by molar-refractivity contribution is 0.403. The molecule has 0 amide bonds. The van der Waals surface area contributed by atoms with Crippen LogP contribution in [-0.4, -0.2) is 11.4 Å². The third kappa shape index (κ3) is 3.39. The molecule has 0 fully saturated rings. The van der Waals surface area contributed by atoms with Crippen LogP contribution < -0.4 is 0 Å². The van der Waals surface area contributed by atoms with Gasteiger partial charge in [-0.2, -0.15) is 0 Å². The Morgan fingerprint density at radius 1 is 0.800 bits per heavy atom. The van der Waals surface area contributed by atoms with Crippen molar-refractivity contribution >= 4 is 0 Å². The smallest absolute Gasteiger partial charge is 0.0427 e. The van der Waals surface area contributed by atoms with Gasteiger partial charge < -0.3 is 4.90 Å². The number of nitrogens with zero attached hydrogens (tertiary/aromatic N) is 1. The second kappa shape index (κ2) is 6.25.